The molecule has 0 saturated heterocycles. The molecule has 2 rings (SSSR count). The average molecular weight is 385 g/mol. The summed E-state index contributed by atoms with van der Waals surface area (Å²) in [4.78, 5) is 24.6. The van der Waals surface area contributed by atoms with Crippen molar-refractivity contribution in [2.75, 3.05) is 19.0 Å². The quantitative estimate of drug-likeness (QED) is 0.651. The van der Waals surface area contributed by atoms with Crippen LogP contribution in [-0.2, 0) is 9.53 Å². The Labute approximate surface area is 165 Å². The fraction of sp³-hybridized carbons (Fsp3) is 0.364. The summed E-state index contributed by atoms with van der Waals surface area (Å²) in [5, 5.41) is 2.70. The fourth-order valence-corrected chi connectivity index (χ4v) is 2.37. The second kappa shape index (κ2) is 10.3. The molecule has 0 aliphatic carbocycles. The van der Waals surface area contributed by atoms with Gasteiger partial charge in [-0.25, -0.2) is 4.79 Å². The summed E-state index contributed by atoms with van der Waals surface area (Å²) < 4.78 is 16.3. The van der Waals surface area contributed by atoms with Gasteiger partial charge in [-0.15, -0.1) is 0 Å². The summed E-state index contributed by atoms with van der Waals surface area (Å²) in [5.41, 5.74) is 0.924. The fourth-order valence-electron chi connectivity index (χ4n) is 2.37. The normalized spacial score (nSPS) is 11.6. The number of carbonyl (C=O) groups is 2. The molecular weight excluding hydrogens is 358 g/mol. The molecule has 6 heteroatoms. The summed E-state index contributed by atoms with van der Waals surface area (Å²) in [6.45, 7) is 6.33. The Kier molecular flexibility index (Phi) is 7.87. The van der Waals surface area contributed by atoms with Crippen LogP contribution in [0.15, 0.2) is 48.5 Å². The number of rotatable bonds is 9. The lowest BCUT2D eigenvalue weighted by molar-refractivity contribution is -0.123. The Hall–Kier alpha value is -3.02. The van der Waals surface area contributed by atoms with E-state index in [2.05, 4.69) is 19.2 Å². The van der Waals surface area contributed by atoms with Crippen molar-refractivity contribution >= 4 is 17.6 Å². The first-order valence-corrected chi connectivity index (χ1v) is 9.28. The van der Waals surface area contributed by atoms with Gasteiger partial charge < -0.3 is 19.5 Å². The summed E-state index contributed by atoms with van der Waals surface area (Å²) in [6, 6.07) is 13.8. The molecule has 0 aliphatic heterocycles. The van der Waals surface area contributed by atoms with Crippen LogP contribution in [0.5, 0.6) is 11.5 Å². The molecular formula is C22H27NO5. The van der Waals surface area contributed by atoms with E-state index in [1.165, 1.54) is 14.0 Å². The molecule has 1 amide bonds. The second-order valence-electron chi connectivity index (χ2n) is 6.80. The van der Waals surface area contributed by atoms with E-state index in [4.69, 9.17) is 14.2 Å². The summed E-state index contributed by atoms with van der Waals surface area (Å²) >= 11 is 0. The largest absolute Gasteiger partial charge is 0.493 e. The monoisotopic (exact) mass is 385 g/mol. The summed E-state index contributed by atoms with van der Waals surface area (Å²) in [6.07, 6.45) is -0.0262. The van der Waals surface area contributed by atoms with Gasteiger partial charge >= 0.3 is 5.97 Å². The van der Waals surface area contributed by atoms with E-state index in [1.807, 2.05) is 18.2 Å². The highest BCUT2D eigenvalue weighted by atomic mass is 16.5. The van der Waals surface area contributed by atoms with Crippen LogP contribution in [0.25, 0.3) is 0 Å². The summed E-state index contributed by atoms with van der Waals surface area (Å²) in [7, 11) is 1.51. The third-order valence-electron chi connectivity index (χ3n) is 4.05. The molecule has 0 aromatic heterocycles. The molecule has 1 N–H and O–H groups in total. The predicted octanol–water partition coefficient (Wildman–Crippen LogP) is 4.30. The summed E-state index contributed by atoms with van der Waals surface area (Å²) in [5.74, 6) is 0.529. The lowest BCUT2D eigenvalue weighted by atomic mass is 10.1. The van der Waals surface area contributed by atoms with Crippen LogP contribution in [0, 0.1) is 5.92 Å². The van der Waals surface area contributed by atoms with Crippen molar-refractivity contribution in [2.45, 2.75) is 33.3 Å². The number of ether oxygens (including phenoxy) is 3. The molecule has 150 valence electrons. The number of para-hydroxylation sites is 1. The molecule has 1 atom stereocenters. The first-order chi connectivity index (χ1) is 13.4. The average Bonchev–Trinajstić information content (AvgIpc) is 2.68. The predicted molar refractivity (Wildman–Crippen MR) is 108 cm³/mol. The van der Waals surface area contributed by atoms with Gasteiger partial charge in [0.05, 0.1) is 19.3 Å². The molecule has 0 saturated carbocycles. The van der Waals surface area contributed by atoms with Crippen LogP contribution in [0.3, 0.4) is 0 Å². The lowest BCUT2D eigenvalue weighted by Gasteiger charge is -2.15. The van der Waals surface area contributed by atoms with Gasteiger partial charge in [-0.3, -0.25) is 4.79 Å². The van der Waals surface area contributed by atoms with Gasteiger partial charge in [0.1, 0.15) is 0 Å². The van der Waals surface area contributed by atoms with Crippen LogP contribution in [0.1, 0.15) is 37.6 Å². The van der Waals surface area contributed by atoms with Gasteiger partial charge in [-0.1, -0.05) is 32.0 Å². The first kappa shape index (κ1) is 21.3. The maximum absolute atomic E-state index is 12.4. The van der Waals surface area contributed by atoms with Gasteiger partial charge in [-0.05, 0) is 49.6 Å². The number of benzene rings is 2. The molecule has 28 heavy (non-hydrogen) atoms. The highest BCUT2D eigenvalue weighted by Crippen LogP contribution is 2.29. The van der Waals surface area contributed by atoms with Crippen molar-refractivity contribution in [3.8, 4) is 11.5 Å². The van der Waals surface area contributed by atoms with Crippen molar-refractivity contribution in [3.63, 3.8) is 0 Å². The molecule has 6 nitrogen and oxygen atoms in total. The highest BCUT2D eigenvalue weighted by Gasteiger charge is 2.20. The standard InChI is InChI=1S/C22H27NO5/c1-15(2)12-13-27-19-11-10-17(14-20(19)26-4)22(25)28-16(3)21(24)23-18-8-6-5-7-9-18/h5-11,14-16H,12-13H2,1-4H3,(H,23,24). The van der Waals surface area contributed by atoms with Crippen molar-refractivity contribution in [1.82, 2.24) is 0 Å². The minimum Gasteiger partial charge on any atom is -0.493 e. The van der Waals surface area contributed by atoms with E-state index in [-0.39, 0.29) is 5.56 Å². The molecule has 0 aliphatic rings. The Balaban J connectivity index is 1.98. The van der Waals surface area contributed by atoms with Crippen LogP contribution < -0.4 is 14.8 Å². The zero-order valence-electron chi connectivity index (χ0n) is 16.7. The van der Waals surface area contributed by atoms with E-state index in [0.717, 1.165) is 6.42 Å². The number of amides is 1. The maximum atomic E-state index is 12.4. The van der Waals surface area contributed by atoms with Gasteiger partial charge in [-0.2, -0.15) is 0 Å². The van der Waals surface area contributed by atoms with E-state index >= 15 is 0 Å². The SMILES string of the molecule is COc1cc(C(=O)OC(C)C(=O)Nc2ccccc2)ccc1OCCC(C)C. The number of methoxy groups -OCH3 is 1. The molecule has 0 fully saturated rings. The zero-order chi connectivity index (χ0) is 20.5. The molecule has 0 radical (unpaired) electrons. The Morgan fingerprint density at radius 1 is 1.00 bits per heavy atom. The van der Waals surface area contributed by atoms with Gasteiger partial charge in [0.15, 0.2) is 17.6 Å². The Morgan fingerprint density at radius 3 is 2.36 bits per heavy atom. The highest BCUT2D eigenvalue weighted by molar-refractivity contribution is 5.97. The third-order valence-corrected chi connectivity index (χ3v) is 4.05. The lowest BCUT2D eigenvalue weighted by Crippen LogP contribution is -2.30. The number of hydrogen-bond acceptors (Lipinski definition) is 5. The van der Waals surface area contributed by atoms with E-state index in [9.17, 15) is 9.59 Å². The van der Waals surface area contributed by atoms with Crippen LogP contribution >= 0.6 is 0 Å². The van der Waals surface area contributed by atoms with E-state index in [0.29, 0.717) is 29.7 Å². The minimum absolute atomic E-state index is 0.285. The second-order valence-corrected chi connectivity index (χ2v) is 6.80. The van der Waals surface area contributed by atoms with Gasteiger partial charge in [0, 0.05) is 5.69 Å². The topological polar surface area (TPSA) is 73.9 Å². The minimum atomic E-state index is -0.944. The van der Waals surface area contributed by atoms with Gasteiger partial charge in [0.25, 0.3) is 5.91 Å². The number of anilines is 1. The van der Waals surface area contributed by atoms with Crippen molar-refractivity contribution < 1.29 is 23.8 Å². The number of hydrogen-bond donors (Lipinski definition) is 1. The van der Waals surface area contributed by atoms with E-state index < -0.39 is 18.0 Å². The molecule has 2 aromatic rings. The molecule has 0 heterocycles. The number of nitrogens with one attached hydrogen (secondary N) is 1. The zero-order valence-corrected chi connectivity index (χ0v) is 16.7. The molecule has 1 unspecified atom stereocenters. The van der Waals surface area contributed by atoms with Crippen LogP contribution in [0.4, 0.5) is 5.69 Å². The van der Waals surface area contributed by atoms with Crippen LogP contribution in [-0.4, -0.2) is 31.7 Å². The number of esters is 1. The van der Waals surface area contributed by atoms with Crippen molar-refractivity contribution in [3.05, 3.63) is 54.1 Å². The Bertz CT molecular complexity index is 789. The molecule has 0 bridgehead atoms. The smallest absolute Gasteiger partial charge is 0.339 e. The van der Waals surface area contributed by atoms with Gasteiger partial charge in [0.2, 0.25) is 0 Å². The third kappa shape index (κ3) is 6.30. The maximum Gasteiger partial charge on any atom is 0.339 e. The van der Waals surface area contributed by atoms with Crippen molar-refractivity contribution in [1.29, 1.82) is 0 Å². The van der Waals surface area contributed by atoms with Crippen LogP contribution in [0.2, 0.25) is 0 Å². The Morgan fingerprint density at radius 2 is 1.71 bits per heavy atom. The first-order valence-electron chi connectivity index (χ1n) is 9.28. The van der Waals surface area contributed by atoms with E-state index in [1.54, 1.807) is 30.3 Å². The molecule has 2 aromatic carbocycles. The van der Waals surface area contributed by atoms with Crippen molar-refractivity contribution in [2.24, 2.45) is 5.92 Å². The molecule has 0 spiro atoms. The number of carbonyl (C=O) groups excluding carboxylic acids is 2.